The molecular weight excluding hydrogens is 221 g/mol. The molecule has 0 aliphatic rings. The quantitative estimate of drug-likeness (QED) is 0.716. The third kappa shape index (κ3) is 5.74. The van der Waals surface area contributed by atoms with Gasteiger partial charge in [0.05, 0.1) is 0 Å². The maximum absolute atomic E-state index is 9.84. The number of hydrogen-bond acceptors (Lipinski definition) is 2. The highest BCUT2D eigenvalue weighted by molar-refractivity contribution is 14.1. The van der Waals surface area contributed by atoms with E-state index in [1.165, 1.54) is 0 Å². The van der Waals surface area contributed by atoms with Gasteiger partial charge in [0, 0.05) is 0 Å². The highest BCUT2D eigenvalue weighted by Crippen LogP contribution is 1.83. The Morgan fingerprint density at radius 3 is 2.88 bits per heavy atom. The van der Waals surface area contributed by atoms with E-state index in [0.717, 1.165) is 0 Å². The number of carbonyl (C=O) groups excluding carboxylic acids is 1. The Morgan fingerprint density at radius 1 is 1.88 bits per heavy atom. The lowest BCUT2D eigenvalue weighted by Crippen LogP contribution is -2.12. The van der Waals surface area contributed by atoms with Crippen molar-refractivity contribution < 1.29 is 9.53 Å². The normalized spacial score (nSPS) is 9.62. The first-order valence-electron chi connectivity index (χ1n) is 1.95. The average Bonchev–Trinajstić information content (AvgIpc) is 1.66. The number of rotatable bonds is 2. The SMILES string of the molecule is NC(=O)OCC=CI. The summed E-state index contributed by atoms with van der Waals surface area (Å²) in [5.41, 5.74) is 4.64. The molecule has 0 spiro atoms. The van der Waals surface area contributed by atoms with E-state index in [2.05, 4.69) is 10.5 Å². The van der Waals surface area contributed by atoms with Gasteiger partial charge in [-0.3, -0.25) is 0 Å². The molecule has 0 aromatic heterocycles. The van der Waals surface area contributed by atoms with Gasteiger partial charge < -0.3 is 10.5 Å². The fraction of sp³-hybridized carbons (Fsp3) is 0.250. The molecule has 0 aromatic rings. The van der Waals surface area contributed by atoms with E-state index in [9.17, 15) is 4.79 Å². The fourth-order valence-electron chi connectivity index (χ4n) is 0.167. The second kappa shape index (κ2) is 4.89. The molecule has 2 N–H and O–H groups in total. The van der Waals surface area contributed by atoms with Crippen LogP contribution < -0.4 is 5.73 Å². The van der Waals surface area contributed by atoms with Crippen LogP contribution in [0.4, 0.5) is 4.79 Å². The third-order valence-corrected chi connectivity index (χ3v) is 0.919. The van der Waals surface area contributed by atoms with Crippen LogP contribution in [0.15, 0.2) is 10.2 Å². The second-order valence-corrected chi connectivity index (χ2v) is 1.71. The topological polar surface area (TPSA) is 52.3 Å². The van der Waals surface area contributed by atoms with Crippen LogP contribution in [0, 0.1) is 0 Å². The Bertz CT molecular complexity index is 102. The van der Waals surface area contributed by atoms with Crippen LogP contribution in [0.3, 0.4) is 0 Å². The van der Waals surface area contributed by atoms with Crippen LogP contribution in [0.1, 0.15) is 0 Å². The zero-order valence-electron chi connectivity index (χ0n) is 4.13. The third-order valence-electron chi connectivity index (χ3n) is 0.411. The van der Waals surface area contributed by atoms with Crippen LogP contribution in [0.2, 0.25) is 0 Å². The van der Waals surface area contributed by atoms with Gasteiger partial charge in [-0.05, 0) is 10.2 Å². The van der Waals surface area contributed by atoms with Crippen molar-refractivity contribution in [3.8, 4) is 0 Å². The average molecular weight is 227 g/mol. The van der Waals surface area contributed by atoms with E-state index in [-0.39, 0.29) is 6.61 Å². The molecule has 0 aliphatic carbocycles. The maximum atomic E-state index is 9.84. The molecule has 3 nitrogen and oxygen atoms in total. The summed E-state index contributed by atoms with van der Waals surface area (Å²) in [6.45, 7) is 0.262. The van der Waals surface area contributed by atoms with E-state index in [4.69, 9.17) is 0 Å². The van der Waals surface area contributed by atoms with Crippen molar-refractivity contribution in [1.29, 1.82) is 0 Å². The van der Waals surface area contributed by atoms with Crippen molar-refractivity contribution in [2.75, 3.05) is 6.61 Å². The summed E-state index contributed by atoms with van der Waals surface area (Å²) in [6, 6.07) is 0. The van der Waals surface area contributed by atoms with Gasteiger partial charge >= 0.3 is 6.09 Å². The number of hydrogen-bond donors (Lipinski definition) is 1. The van der Waals surface area contributed by atoms with Gasteiger partial charge in [-0.1, -0.05) is 22.6 Å². The molecule has 0 bridgehead atoms. The van der Waals surface area contributed by atoms with Crippen LogP contribution >= 0.6 is 22.6 Å². The highest BCUT2D eigenvalue weighted by atomic mass is 127. The summed E-state index contributed by atoms with van der Waals surface area (Å²) >= 11 is 2.02. The summed E-state index contributed by atoms with van der Waals surface area (Å²) in [6.07, 6.45) is 0.949. The van der Waals surface area contributed by atoms with Crippen LogP contribution in [-0.2, 0) is 4.74 Å². The van der Waals surface area contributed by atoms with Gasteiger partial charge in [-0.25, -0.2) is 4.79 Å². The Labute approximate surface area is 61.0 Å². The molecule has 0 aromatic carbocycles. The molecule has 0 saturated carbocycles. The standard InChI is InChI=1S/C4H6INO2/c5-2-1-3-8-4(6)7/h1-2H,3H2,(H2,6,7). The van der Waals surface area contributed by atoms with Crippen molar-refractivity contribution in [2.45, 2.75) is 0 Å². The predicted molar refractivity (Wildman–Crippen MR) is 38.7 cm³/mol. The van der Waals surface area contributed by atoms with E-state index in [0.29, 0.717) is 0 Å². The maximum Gasteiger partial charge on any atom is 0.404 e. The van der Waals surface area contributed by atoms with E-state index < -0.39 is 6.09 Å². The van der Waals surface area contributed by atoms with Gasteiger partial charge in [0.1, 0.15) is 6.61 Å². The molecule has 0 aliphatic heterocycles. The summed E-state index contributed by atoms with van der Waals surface area (Å²) in [4.78, 5) is 9.84. The number of ether oxygens (including phenoxy) is 1. The molecule has 0 heterocycles. The highest BCUT2D eigenvalue weighted by Gasteiger charge is 1.85. The van der Waals surface area contributed by atoms with E-state index in [1.807, 2.05) is 22.6 Å². The lowest BCUT2D eigenvalue weighted by Gasteiger charge is -1.91. The van der Waals surface area contributed by atoms with Crippen molar-refractivity contribution >= 4 is 28.7 Å². The van der Waals surface area contributed by atoms with Gasteiger partial charge in [-0.15, -0.1) is 0 Å². The first-order chi connectivity index (χ1) is 3.77. The molecule has 4 heteroatoms. The monoisotopic (exact) mass is 227 g/mol. The molecule has 0 saturated heterocycles. The Balaban J connectivity index is 3.05. The Hall–Kier alpha value is -0.260. The Morgan fingerprint density at radius 2 is 2.50 bits per heavy atom. The molecule has 0 rings (SSSR count). The minimum atomic E-state index is -0.737. The van der Waals surface area contributed by atoms with Crippen molar-refractivity contribution in [1.82, 2.24) is 0 Å². The minimum absolute atomic E-state index is 0.262. The number of amides is 1. The molecule has 0 unspecified atom stereocenters. The Kier molecular flexibility index (Phi) is 4.73. The number of halogens is 1. The molecule has 0 radical (unpaired) electrons. The fourth-order valence-corrected chi connectivity index (χ4v) is 0.374. The summed E-state index contributed by atoms with van der Waals surface area (Å²) in [7, 11) is 0. The number of carbonyl (C=O) groups is 1. The predicted octanol–water partition coefficient (Wildman–Crippen LogP) is 1.03. The zero-order valence-corrected chi connectivity index (χ0v) is 6.29. The van der Waals surface area contributed by atoms with Crippen molar-refractivity contribution in [3.63, 3.8) is 0 Å². The zero-order chi connectivity index (χ0) is 6.41. The van der Waals surface area contributed by atoms with Crippen LogP contribution in [0.25, 0.3) is 0 Å². The minimum Gasteiger partial charge on any atom is -0.445 e. The van der Waals surface area contributed by atoms with Gasteiger partial charge in [0.25, 0.3) is 0 Å². The molecular formula is C4H6INO2. The number of primary amides is 1. The largest absolute Gasteiger partial charge is 0.445 e. The molecule has 0 atom stereocenters. The van der Waals surface area contributed by atoms with Crippen LogP contribution in [-0.4, -0.2) is 12.7 Å². The summed E-state index contributed by atoms with van der Waals surface area (Å²) in [5.74, 6) is 0. The van der Waals surface area contributed by atoms with Gasteiger partial charge in [-0.2, -0.15) is 0 Å². The van der Waals surface area contributed by atoms with Crippen LogP contribution in [0.5, 0.6) is 0 Å². The van der Waals surface area contributed by atoms with Crippen molar-refractivity contribution in [3.05, 3.63) is 10.2 Å². The molecule has 1 amide bonds. The molecule has 46 valence electrons. The molecule has 0 fully saturated rings. The summed E-state index contributed by atoms with van der Waals surface area (Å²) in [5, 5.41) is 0. The first-order valence-corrected chi connectivity index (χ1v) is 3.19. The lowest BCUT2D eigenvalue weighted by atomic mass is 10.7. The van der Waals surface area contributed by atoms with E-state index >= 15 is 0 Å². The van der Waals surface area contributed by atoms with Gasteiger partial charge in [0.15, 0.2) is 0 Å². The first kappa shape index (κ1) is 7.74. The van der Waals surface area contributed by atoms with E-state index in [1.54, 1.807) is 10.2 Å². The number of nitrogens with two attached hydrogens (primary N) is 1. The lowest BCUT2D eigenvalue weighted by molar-refractivity contribution is 0.169. The molecule has 8 heavy (non-hydrogen) atoms. The summed E-state index contributed by atoms with van der Waals surface area (Å²) < 4.78 is 6.08. The second-order valence-electron chi connectivity index (χ2n) is 0.992. The van der Waals surface area contributed by atoms with Crippen molar-refractivity contribution in [2.24, 2.45) is 5.73 Å². The smallest absolute Gasteiger partial charge is 0.404 e. The van der Waals surface area contributed by atoms with Gasteiger partial charge in [0.2, 0.25) is 0 Å².